The summed E-state index contributed by atoms with van der Waals surface area (Å²) in [6.07, 6.45) is 5.05. The predicted molar refractivity (Wildman–Crippen MR) is 73.9 cm³/mol. The molecule has 0 heterocycles. The summed E-state index contributed by atoms with van der Waals surface area (Å²) in [5.74, 6) is 0. The Morgan fingerprint density at radius 3 is 2.47 bits per heavy atom. The van der Waals surface area contributed by atoms with Gasteiger partial charge in [-0.2, -0.15) is 0 Å². The quantitative estimate of drug-likeness (QED) is 0.897. The van der Waals surface area contributed by atoms with Crippen molar-refractivity contribution in [1.82, 2.24) is 0 Å². The van der Waals surface area contributed by atoms with Gasteiger partial charge in [0.05, 0.1) is 12.2 Å². The van der Waals surface area contributed by atoms with Gasteiger partial charge in [0.25, 0.3) is 0 Å². The van der Waals surface area contributed by atoms with Crippen molar-refractivity contribution in [1.29, 1.82) is 0 Å². The number of halogens is 1. The zero-order valence-electron chi connectivity index (χ0n) is 10.2. The Hall–Kier alpha value is -0.380. The molecule has 0 radical (unpaired) electrons. The molecule has 2 unspecified atom stereocenters. The monoisotopic (exact) mass is 297 g/mol. The van der Waals surface area contributed by atoms with Gasteiger partial charge in [-0.25, -0.2) is 0 Å². The fourth-order valence-corrected chi connectivity index (χ4v) is 2.27. The van der Waals surface area contributed by atoms with E-state index in [2.05, 4.69) is 47.1 Å². The van der Waals surface area contributed by atoms with E-state index >= 15 is 0 Å². The molecule has 0 amide bonds. The molecule has 2 rings (SSSR count). The smallest absolute Gasteiger partial charge is 0.0979 e. The lowest BCUT2D eigenvalue weighted by molar-refractivity contribution is -0.0638. The van der Waals surface area contributed by atoms with E-state index < -0.39 is 0 Å². The summed E-state index contributed by atoms with van der Waals surface area (Å²) in [5.41, 5.74) is 7.37. The Kier molecular flexibility index (Phi) is 4.60. The minimum absolute atomic E-state index is 0.0402. The highest BCUT2D eigenvalue weighted by Gasteiger charge is 2.26. The van der Waals surface area contributed by atoms with Crippen molar-refractivity contribution in [2.75, 3.05) is 0 Å². The van der Waals surface area contributed by atoms with Gasteiger partial charge < -0.3 is 10.5 Å². The van der Waals surface area contributed by atoms with Crippen LogP contribution in [0.4, 0.5) is 0 Å². The topological polar surface area (TPSA) is 35.2 Å². The average Bonchev–Trinajstić information content (AvgIpc) is 2.29. The second-order valence-corrected chi connectivity index (χ2v) is 5.65. The van der Waals surface area contributed by atoms with Crippen LogP contribution in [-0.4, -0.2) is 12.1 Å². The van der Waals surface area contributed by atoms with Crippen LogP contribution in [0, 0.1) is 0 Å². The standard InChI is InChI=1S/C14H20BrNO/c1-2-13(16)14(17-12-4-3-5-12)10-6-8-11(15)9-7-10/h6-9,12-14H,2-5,16H2,1H3. The van der Waals surface area contributed by atoms with E-state index in [-0.39, 0.29) is 12.1 Å². The van der Waals surface area contributed by atoms with Crippen LogP contribution in [0.2, 0.25) is 0 Å². The van der Waals surface area contributed by atoms with Crippen molar-refractivity contribution in [2.24, 2.45) is 5.73 Å². The molecule has 17 heavy (non-hydrogen) atoms. The van der Waals surface area contributed by atoms with Gasteiger partial charge in [0.2, 0.25) is 0 Å². The van der Waals surface area contributed by atoms with E-state index in [1.54, 1.807) is 0 Å². The summed E-state index contributed by atoms with van der Waals surface area (Å²) in [5, 5.41) is 0. The summed E-state index contributed by atoms with van der Waals surface area (Å²) < 4.78 is 7.22. The molecule has 2 N–H and O–H groups in total. The fourth-order valence-electron chi connectivity index (χ4n) is 2.01. The molecule has 1 aliphatic rings. The molecule has 0 saturated heterocycles. The van der Waals surface area contributed by atoms with Crippen LogP contribution in [0.15, 0.2) is 28.7 Å². The number of hydrogen-bond acceptors (Lipinski definition) is 2. The molecular formula is C14H20BrNO. The normalized spacial score (nSPS) is 19.7. The van der Waals surface area contributed by atoms with Crippen LogP contribution in [0.5, 0.6) is 0 Å². The van der Waals surface area contributed by atoms with E-state index in [1.165, 1.54) is 24.8 Å². The summed E-state index contributed by atoms with van der Waals surface area (Å²) in [4.78, 5) is 0. The van der Waals surface area contributed by atoms with Crippen LogP contribution in [0.3, 0.4) is 0 Å². The Morgan fingerprint density at radius 1 is 1.35 bits per heavy atom. The molecule has 1 aromatic carbocycles. The van der Waals surface area contributed by atoms with E-state index in [1.807, 2.05) is 0 Å². The van der Waals surface area contributed by atoms with Gasteiger partial charge in [-0.3, -0.25) is 0 Å². The molecule has 2 nitrogen and oxygen atoms in total. The first-order chi connectivity index (χ1) is 8.20. The molecule has 3 heteroatoms. The first-order valence-corrected chi connectivity index (χ1v) is 7.16. The van der Waals surface area contributed by atoms with Gasteiger partial charge in [-0.15, -0.1) is 0 Å². The first kappa shape index (κ1) is 13.1. The second-order valence-electron chi connectivity index (χ2n) is 4.73. The number of hydrogen-bond donors (Lipinski definition) is 1. The second kappa shape index (κ2) is 5.98. The highest BCUT2D eigenvalue weighted by Crippen LogP contribution is 2.31. The van der Waals surface area contributed by atoms with Crippen LogP contribution in [0.1, 0.15) is 44.3 Å². The number of benzene rings is 1. The molecule has 1 fully saturated rings. The maximum absolute atomic E-state index is 6.18. The summed E-state index contributed by atoms with van der Waals surface area (Å²) in [6.45, 7) is 2.11. The van der Waals surface area contributed by atoms with Crippen molar-refractivity contribution in [3.05, 3.63) is 34.3 Å². The first-order valence-electron chi connectivity index (χ1n) is 6.37. The molecule has 0 spiro atoms. The minimum atomic E-state index is 0.0402. The highest BCUT2D eigenvalue weighted by atomic mass is 79.9. The van der Waals surface area contributed by atoms with Crippen LogP contribution >= 0.6 is 15.9 Å². The van der Waals surface area contributed by atoms with Crippen molar-refractivity contribution < 1.29 is 4.74 Å². The van der Waals surface area contributed by atoms with Gasteiger partial charge in [0, 0.05) is 10.5 Å². The summed E-state index contributed by atoms with van der Waals surface area (Å²) in [7, 11) is 0. The highest BCUT2D eigenvalue weighted by molar-refractivity contribution is 9.10. The lowest BCUT2D eigenvalue weighted by Gasteiger charge is -2.33. The van der Waals surface area contributed by atoms with Crippen molar-refractivity contribution in [3.63, 3.8) is 0 Å². The molecule has 1 aromatic rings. The van der Waals surface area contributed by atoms with Gasteiger partial charge in [-0.1, -0.05) is 35.0 Å². The van der Waals surface area contributed by atoms with E-state index in [0.717, 1.165) is 10.9 Å². The average molecular weight is 298 g/mol. The SMILES string of the molecule is CCC(N)C(OC1CCC1)c1ccc(Br)cc1. The minimum Gasteiger partial charge on any atom is -0.369 e. The number of ether oxygens (including phenoxy) is 1. The zero-order chi connectivity index (χ0) is 12.3. The van der Waals surface area contributed by atoms with Crippen molar-refractivity contribution in [2.45, 2.75) is 50.9 Å². The largest absolute Gasteiger partial charge is 0.369 e. The Morgan fingerprint density at radius 2 is 2.00 bits per heavy atom. The van der Waals surface area contributed by atoms with E-state index in [9.17, 15) is 0 Å². The third-order valence-corrected chi connectivity index (χ3v) is 3.98. The molecule has 2 atom stereocenters. The third-order valence-electron chi connectivity index (χ3n) is 3.45. The lowest BCUT2D eigenvalue weighted by atomic mass is 9.94. The van der Waals surface area contributed by atoms with Gasteiger partial charge >= 0.3 is 0 Å². The summed E-state index contributed by atoms with van der Waals surface area (Å²) >= 11 is 3.45. The molecule has 0 aromatic heterocycles. The van der Waals surface area contributed by atoms with Crippen LogP contribution in [0.25, 0.3) is 0 Å². The Balaban J connectivity index is 2.10. The van der Waals surface area contributed by atoms with Crippen LogP contribution < -0.4 is 5.73 Å². The fraction of sp³-hybridized carbons (Fsp3) is 0.571. The Labute approximate surface area is 112 Å². The lowest BCUT2D eigenvalue weighted by Crippen LogP contribution is -2.34. The predicted octanol–water partition coefficient (Wildman–Crippen LogP) is 3.80. The maximum atomic E-state index is 6.18. The van der Waals surface area contributed by atoms with Crippen LogP contribution in [-0.2, 0) is 4.74 Å². The Bertz CT molecular complexity index is 348. The molecule has 0 aliphatic heterocycles. The van der Waals surface area contributed by atoms with Gasteiger partial charge in [0.15, 0.2) is 0 Å². The number of nitrogens with two attached hydrogens (primary N) is 1. The van der Waals surface area contributed by atoms with Gasteiger partial charge in [-0.05, 0) is 43.4 Å². The molecule has 0 bridgehead atoms. The van der Waals surface area contributed by atoms with Crippen molar-refractivity contribution in [3.8, 4) is 0 Å². The molecule has 1 aliphatic carbocycles. The number of rotatable bonds is 5. The molecule has 94 valence electrons. The van der Waals surface area contributed by atoms with Crippen molar-refractivity contribution >= 4 is 15.9 Å². The molecule has 1 saturated carbocycles. The zero-order valence-corrected chi connectivity index (χ0v) is 11.8. The maximum Gasteiger partial charge on any atom is 0.0979 e. The van der Waals surface area contributed by atoms with E-state index in [4.69, 9.17) is 10.5 Å². The van der Waals surface area contributed by atoms with Gasteiger partial charge in [0.1, 0.15) is 0 Å². The molecular weight excluding hydrogens is 278 g/mol. The summed E-state index contributed by atoms with van der Waals surface area (Å²) in [6, 6.07) is 8.38. The third kappa shape index (κ3) is 3.30. The van der Waals surface area contributed by atoms with E-state index in [0.29, 0.717) is 6.10 Å².